The van der Waals surface area contributed by atoms with Crippen molar-refractivity contribution < 1.29 is 41.0 Å². The Bertz CT molecular complexity index is 57.8. The van der Waals surface area contributed by atoms with Crippen LogP contribution in [0.3, 0.4) is 0 Å². The molecule has 0 saturated heterocycles. The Balaban J connectivity index is -0.0000000800. The summed E-state index contributed by atoms with van der Waals surface area (Å²) in [5, 5.41) is 0. The smallest absolute Gasteiger partial charge is 0.822 e. The zero-order valence-corrected chi connectivity index (χ0v) is 4.94. The molecule has 0 radical (unpaired) electrons. The summed E-state index contributed by atoms with van der Waals surface area (Å²) in [5.41, 5.74) is 0. The van der Waals surface area contributed by atoms with E-state index in [0.717, 1.165) is 0 Å². The zero-order chi connectivity index (χ0) is 4.50. The molecule has 44 valence electrons. The van der Waals surface area contributed by atoms with E-state index in [-0.39, 0.29) is 21.8 Å². The first-order chi connectivity index (χ1) is 2.00. The summed E-state index contributed by atoms with van der Waals surface area (Å²) in [6.07, 6.45) is 0. The standard InChI is InChI=1S/FH.Mn.H3O4P/c;;1-5(2,3)4/h1H;;(H3,1,2,3,4)/q;+3;/p-3. The van der Waals surface area contributed by atoms with Crippen LogP contribution in [-0.2, 0) is 21.6 Å². The summed E-state index contributed by atoms with van der Waals surface area (Å²) in [7, 11) is -5.39. The minimum absolute atomic E-state index is 0. The van der Waals surface area contributed by atoms with Crippen LogP contribution in [0.2, 0.25) is 0 Å². The molecule has 0 amide bonds. The van der Waals surface area contributed by atoms with Gasteiger partial charge in [0.2, 0.25) is 0 Å². The predicted octanol–water partition coefficient (Wildman–Crippen LogP) is -2.67. The van der Waals surface area contributed by atoms with Gasteiger partial charge in [-0.25, -0.2) is 0 Å². The van der Waals surface area contributed by atoms with Crippen molar-refractivity contribution in [1.29, 1.82) is 0 Å². The van der Waals surface area contributed by atoms with Crippen LogP contribution in [0.1, 0.15) is 0 Å². The average molecular weight is 170 g/mol. The minimum atomic E-state index is -5.39. The van der Waals surface area contributed by atoms with Crippen LogP contribution in [-0.4, -0.2) is 0 Å². The molecule has 7 heteroatoms. The zero-order valence-electron chi connectivity index (χ0n) is 2.87. The molecule has 0 aromatic rings. The van der Waals surface area contributed by atoms with Gasteiger partial charge in [-0.3, -0.25) is 4.70 Å². The van der Waals surface area contributed by atoms with Crippen LogP contribution in [0.25, 0.3) is 0 Å². The molecule has 7 heavy (non-hydrogen) atoms. The third-order valence-corrected chi connectivity index (χ3v) is 0. The van der Waals surface area contributed by atoms with Crippen LogP contribution in [0.4, 0.5) is 4.70 Å². The molecule has 0 saturated carbocycles. The molecule has 0 aromatic heterocycles. The fourth-order valence-corrected chi connectivity index (χ4v) is 0. The fraction of sp³-hybridized carbons (Fsp3) is 0. The molecule has 0 aliphatic heterocycles. The maximum atomic E-state index is 8.55. The summed E-state index contributed by atoms with van der Waals surface area (Å²) < 4.78 is 8.55. The van der Waals surface area contributed by atoms with Crippen molar-refractivity contribution in [3.05, 3.63) is 0 Å². The van der Waals surface area contributed by atoms with Crippen molar-refractivity contribution in [1.82, 2.24) is 0 Å². The van der Waals surface area contributed by atoms with Crippen molar-refractivity contribution in [2.75, 3.05) is 0 Å². The first-order valence-corrected chi connectivity index (χ1v) is 2.19. The topological polar surface area (TPSA) is 86.2 Å². The fourth-order valence-electron chi connectivity index (χ4n) is 0. The molecule has 0 aliphatic carbocycles. The molecule has 0 fully saturated rings. The molecule has 0 aliphatic rings. The van der Waals surface area contributed by atoms with E-state index in [1.54, 1.807) is 0 Å². The van der Waals surface area contributed by atoms with E-state index in [1.807, 2.05) is 0 Å². The van der Waals surface area contributed by atoms with Gasteiger partial charge in [0.15, 0.2) is 0 Å². The van der Waals surface area contributed by atoms with Gasteiger partial charge in [0, 0.05) is 0 Å². The van der Waals surface area contributed by atoms with Crippen molar-refractivity contribution >= 4 is 7.82 Å². The number of rotatable bonds is 0. The van der Waals surface area contributed by atoms with Gasteiger partial charge in [0.05, 0.1) is 0 Å². The largest absolute Gasteiger partial charge is 3.00 e. The monoisotopic (exact) mass is 170 g/mol. The Morgan fingerprint density at radius 2 is 1.14 bits per heavy atom. The van der Waals surface area contributed by atoms with E-state index in [2.05, 4.69) is 0 Å². The summed E-state index contributed by atoms with van der Waals surface area (Å²) in [6, 6.07) is 0. The van der Waals surface area contributed by atoms with E-state index in [0.29, 0.717) is 0 Å². The average Bonchev–Trinajstić information content (AvgIpc) is 0.722. The predicted molar refractivity (Wildman–Crippen MR) is 10.1 cm³/mol. The van der Waals surface area contributed by atoms with Gasteiger partial charge in [-0.05, 0) is 0 Å². The van der Waals surface area contributed by atoms with Gasteiger partial charge >= 0.3 is 17.1 Å². The normalized spacial score (nSPS) is 8.43. The van der Waals surface area contributed by atoms with Gasteiger partial charge in [-0.15, -0.1) is 0 Å². The second-order valence-electron chi connectivity index (χ2n) is 0.447. The first kappa shape index (κ1) is 15.6. The Kier molecular flexibility index (Phi) is 10.5. The van der Waals surface area contributed by atoms with Crippen molar-refractivity contribution in [2.24, 2.45) is 0 Å². The van der Waals surface area contributed by atoms with Gasteiger partial charge in [-0.1, -0.05) is 0 Å². The molecular formula is HFMnO4P. The van der Waals surface area contributed by atoms with Crippen LogP contribution in [0.5, 0.6) is 0 Å². The molecule has 0 N–H and O–H groups in total. The Morgan fingerprint density at radius 3 is 1.14 bits per heavy atom. The van der Waals surface area contributed by atoms with Crippen molar-refractivity contribution in [3.63, 3.8) is 0 Å². The number of phosphoric acid groups is 1. The van der Waals surface area contributed by atoms with Gasteiger partial charge in [-0.2, -0.15) is 7.82 Å². The van der Waals surface area contributed by atoms with E-state index in [9.17, 15) is 0 Å². The third-order valence-electron chi connectivity index (χ3n) is 0. The first-order valence-electron chi connectivity index (χ1n) is 0.730. The van der Waals surface area contributed by atoms with Crippen LogP contribution in [0.15, 0.2) is 0 Å². The molecular weight excluding hydrogens is 169 g/mol. The maximum absolute atomic E-state index is 8.55. The molecule has 0 bridgehead atoms. The molecule has 0 rings (SSSR count). The van der Waals surface area contributed by atoms with Gasteiger partial charge in [0.25, 0.3) is 0 Å². The number of halogens is 1. The van der Waals surface area contributed by atoms with Crippen molar-refractivity contribution in [3.8, 4) is 0 Å². The Hall–Kier alpha value is 0.559. The minimum Gasteiger partial charge on any atom is -0.822 e. The van der Waals surface area contributed by atoms with Crippen LogP contribution in [0, 0.1) is 0 Å². The van der Waals surface area contributed by atoms with E-state index in [4.69, 9.17) is 19.2 Å². The van der Waals surface area contributed by atoms with Crippen LogP contribution < -0.4 is 14.7 Å². The summed E-state index contributed by atoms with van der Waals surface area (Å²) in [5.74, 6) is 0. The van der Waals surface area contributed by atoms with E-state index >= 15 is 0 Å². The molecule has 0 aromatic carbocycles. The molecule has 0 spiro atoms. The quantitative estimate of drug-likeness (QED) is 0.293. The SMILES string of the molecule is F.O=P([O-])([O-])[O-].[Mn+3]. The number of hydrogen-bond donors (Lipinski definition) is 0. The summed E-state index contributed by atoms with van der Waals surface area (Å²) in [6.45, 7) is 0. The van der Waals surface area contributed by atoms with Gasteiger partial charge < -0.3 is 19.2 Å². The van der Waals surface area contributed by atoms with E-state index in [1.165, 1.54) is 0 Å². The third kappa shape index (κ3) is 436. The molecule has 0 unspecified atom stereocenters. The summed E-state index contributed by atoms with van der Waals surface area (Å²) >= 11 is 0. The summed E-state index contributed by atoms with van der Waals surface area (Å²) in [4.78, 5) is 25.6. The number of hydrogen-bond acceptors (Lipinski definition) is 4. The second-order valence-corrected chi connectivity index (χ2v) is 1.34. The van der Waals surface area contributed by atoms with Gasteiger partial charge in [0.1, 0.15) is 0 Å². The van der Waals surface area contributed by atoms with Crippen molar-refractivity contribution in [2.45, 2.75) is 0 Å². The van der Waals surface area contributed by atoms with E-state index < -0.39 is 7.82 Å². The Labute approximate surface area is 49.6 Å². The Morgan fingerprint density at radius 1 is 1.14 bits per heavy atom. The molecule has 0 atom stereocenters. The van der Waals surface area contributed by atoms with Crippen LogP contribution >= 0.6 is 7.82 Å². The molecule has 0 heterocycles. The second kappa shape index (κ2) is 4.71. The molecule has 4 nitrogen and oxygen atoms in total. The maximum Gasteiger partial charge on any atom is 3.00 e.